The number of halogens is 4. The standard InChI is InChI=1S/C11H8BrF.C11H7FO2.C11H9FO/c12-7-8-1-2-10-6-11(13)4-3-9(10)5-8;12-10-4-3-7-5-9(11(13)14)2-1-8(7)6-10;12-11-4-3-9-5-8(7-13)1-2-10(9)6-11/h1-6H,7H2;1-6H,(H,13,14);1-6,13H,7H2. The van der Waals surface area contributed by atoms with Crippen molar-refractivity contribution >= 4 is 54.2 Å². The molecule has 2 N–H and O–H groups in total. The number of carboxylic acids is 1. The van der Waals surface area contributed by atoms with Crippen molar-refractivity contribution in [3.05, 3.63) is 143 Å². The van der Waals surface area contributed by atoms with Crippen LogP contribution < -0.4 is 0 Å². The fraction of sp³-hybridized carbons (Fsp3) is 0.0606. The number of hydrogen-bond acceptors (Lipinski definition) is 2. The fourth-order valence-corrected chi connectivity index (χ4v) is 4.41. The molecular formula is C33H24BrF3O3. The predicted octanol–water partition coefficient (Wildman–Crippen LogP) is 9.02. The molecule has 0 radical (unpaired) electrons. The van der Waals surface area contributed by atoms with E-state index in [0.29, 0.717) is 5.39 Å². The number of alkyl halides is 1. The number of benzene rings is 6. The Morgan fingerprint density at radius 2 is 0.925 bits per heavy atom. The number of carbonyl (C=O) groups is 1. The van der Waals surface area contributed by atoms with Crippen molar-refractivity contribution in [2.24, 2.45) is 0 Å². The second-order valence-corrected chi connectivity index (χ2v) is 9.52. The van der Waals surface area contributed by atoms with Crippen LogP contribution in [0.5, 0.6) is 0 Å². The van der Waals surface area contributed by atoms with E-state index in [1.165, 1.54) is 48.0 Å². The SMILES string of the molecule is Fc1ccc2cc(CBr)ccc2c1.O=C(O)c1ccc2cc(F)ccc2c1.OCc1ccc2cc(F)ccc2c1. The van der Waals surface area contributed by atoms with Gasteiger partial charge in [-0.05, 0) is 98.0 Å². The molecule has 0 amide bonds. The van der Waals surface area contributed by atoms with Crippen molar-refractivity contribution in [1.29, 1.82) is 0 Å². The molecule has 202 valence electrons. The van der Waals surface area contributed by atoms with E-state index >= 15 is 0 Å². The van der Waals surface area contributed by atoms with E-state index in [9.17, 15) is 18.0 Å². The van der Waals surface area contributed by atoms with Crippen LogP contribution in [0.3, 0.4) is 0 Å². The molecule has 0 unspecified atom stereocenters. The lowest BCUT2D eigenvalue weighted by Gasteiger charge is -2.00. The first-order chi connectivity index (χ1) is 19.2. The van der Waals surface area contributed by atoms with Crippen LogP contribution in [0.1, 0.15) is 21.5 Å². The summed E-state index contributed by atoms with van der Waals surface area (Å²) in [6, 6.07) is 29.7. The monoisotopic (exact) mass is 604 g/mol. The second-order valence-electron chi connectivity index (χ2n) is 8.95. The molecule has 6 aromatic rings. The zero-order valence-electron chi connectivity index (χ0n) is 21.1. The molecule has 0 saturated carbocycles. The zero-order valence-corrected chi connectivity index (χ0v) is 22.7. The molecule has 6 aromatic carbocycles. The highest BCUT2D eigenvalue weighted by atomic mass is 79.9. The highest BCUT2D eigenvalue weighted by Gasteiger charge is 2.03. The Labute approximate surface area is 237 Å². The van der Waals surface area contributed by atoms with Gasteiger partial charge in [-0.15, -0.1) is 0 Å². The maximum absolute atomic E-state index is 12.8. The molecule has 40 heavy (non-hydrogen) atoms. The van der Waals surface area contributed by atoms with Crippen LogP contribution in [0, 0.1) is 17.5 Å². The lowest BCUT2D eigenvalue weighted by atomic mass is 10.1. The van der Waals surface area contributed by atoms with Gasteiger partial charge in [0.05, 0.1) is 12.2 Å². The fourth-order valence-electron chi connectivity index (χ4n) is 4.06. The summed E-state index contributed by atoms with van der Waals surface area (Å²) in [5.74, 6) is -1.71. The van der Waals surface area contributed by atoms with Crippen molar-refractivity contribution in [3.8, 4) is 0 Å². The van der Waals surface area contributed by atoms with Gasteiger partial charge in [0.25, 0.3) is 0 Å². The third-order valence-corrected chi connectivity index (χ3v) is 6.77. The van der Waals surface area contributed by atoms with Gasteiger partial charge in [-0.2, -0.15) is 0 Å². The Balaban J connectivity index is 0.000000139. The number of fused-ring (bicyclic) bond motifs is 3. The summed E-state index contributed by atoms with van der Waals surface area (Å²) in [6.45, 7) is 0.0211. The van der Waals surface area contributed by atoms with Gasteiger partial charge in [0, 0.05) is 5.33 Å². The molecule has 0 bridgehead atoms. The largest absolute Gasteiger partial charge is 0.478 e. The molecule has 0 aliphatic heterocycles. The lowest BCUT2D eigenvalue weighted by Crippen LogP contribution is -1.95. The third-order valence-electron chi connectivity index (χ3n) is 6.12. The van der Waals surface area contributed by atoms with Gasteiger partial charge < -0.3 is 10.2 Å². The number of hydrogen-bond donors (Lipinski definition) is 2. The minimum atomic E-state index is -0.976. The van der Waals surface area contributed by atoms with Gasteiger partial charge in [-0.1, -0.05) is 70.5 Å². The number of aliphatic hydroxyl groups excluding tert-OH is 1. The lowest BCUT2D eigenvalue weighted by molar-refractivity contribution is 0.0697. The van der Waals surface area contributed by atoms with E-state index in [4.69, 9.17) is 10.2 Å². The summed E-state index contributed by atoms with van der Waals surface area (Å²) >= 11 is 3.38. The normalized spacial score (nSPS) is 10.5. The van der Waals surface area contributed by atoms with Gasteiger partial charge in [0.1, 0.15) is 17.5 Å². The van der Waals surface area contributed by atoms with Crippen LogP contribution in [-0.2, 0) is 11.9 Å². The molecule has 0 fully saturated rings. The molecule has 6 rings (SSSR count). The first-order valence-corrected chi connectivity index (χ1v) is 13.3. The van der Waals surface area contributed by atoms with Crippen molar-refractivity contribution in [2.45, 2.75) is 11.9 Å². The average molecular weight is 605 g/mol. The highest BCUT2D eigenvalue weighted by molar-refractivity contribution is 9.08. The van der Waals surface area contributed by atoms with E-state index < -0.39 is 5.97 Å². The second kappa shape index (κ2) is 13.2. The summed E-state index contributed by atoms with van der Waals surface area (Å²) in [4.78, 5) is 10.6. The van der Waals surface area contributed by atoms with Crippen molar-refractivity contribution < 1.29 is 28.2 Å². The molecule has 0 aliphatic rings. The summed E-state index contributed by atoms with van der Waals surface area (Å²) in [5.41, 5.74) is 2.27. The Hall–Kier alpha value is -4.20. The summed E-state index contributed by atoms with van der Waals surface area (Å²) < 4.78 is 38.4. The van der Waals surface area contributed by atoms with Crippen LogP contribution in [-0.4, -0.2) is 16.2 Å². The number of rotatable bonds is 3. The van der Waals surface area contributed by atoms with Gasteiger partial charge in [0.15, 0.2) is 0 Å². The molecule has 0 heterocycles. The molecule has 7 heteroatoms. The quantitative estimate of drug-likeness (QED) is 0.198. The Bertz CT molecular complexity index is 1720. The van der Waals surface area contributed by atoms with E-state index in [0.717, 1.165) is 37.8 Å². The van der Waals surface area contributed by atoms with E-state index in [1.54, 1.807) is 36.4 Å². The summed E-state index contributed by atoms with van der Waals surface area (Å²) in [7, 11) is 0. The van der Waals surface area contributed by atoms with Crippen LogP contribution in [0.2, 0.25) is 0 Å². The topological polar surface area (TPSA) is 57.5 Å². The molecule has 0 saturated heterocycles. The van der Waals surface area contributed by atoms with Crippen molar-refractivity contribution in [2.75, 3.05) is 0 Å². The summed E-state index contributed by atoms with van der Waals surface area (Å²) in [6.07, 6.45) is 0. The minimum absolute atomic E-state index is 0.0211. The number of aromatic carboxylic acids is 1. The maximum Gasteiger partial charge on any atom is 0.335 e. The minimum Gasteiger partial charge on any atom is -0.478 e. The van der Waals surface area contributed by atoms with Gasteiger partial charge in [-0.3, -0.25) is 0 Å². The van der Waals surface area contributed by atoms with Crippen molar-refractivity contribution in [3.63, 3.8) is 0 Å². The van der Waals surface area contributed by atoms with Crippen LogP contribution in [0.4, 0.5) is 13.2 Å². The first kappa shape index (κ1) is 28.8. The van der Waals surface area contributed by atoms with Crippen LogP contribution >= 0.6 is 15.9 Å². The van der Waals surface area contributed by atoms with Gasteiger partial charge >= 0.3 is 5.97 Å². The first-order valence-electron chi connectivity index (χ1n) is 12.2. The molecule has 3 nitrogen and oxygen atoms in total. The van der Waals surface area contributed by atoms with E-state index in [-0.39, 0.29) is 29.6 Å². The van der Waals surface area contributed by atoms with E-state index in [1.807, 2.05) is 24.3 Å². The third kappa shape index (κ3) is 7.46. The molecule has 0 spiro atoms. The van der Waals surface area contributed by atoms with Crippen LogP contribution in [0.25, 0.3) is 32.3 Å². The Kier molecular flexibility index (Phi) is 9.53. The number of carboxylic acid groups (broad SMARTS) is 1. The van der Waals surface area contributed by atoms with Gasteiger partial charge in [-0.25, -0.2) is 18.0 Å². The van der Waals surface area contributed by atoms with Gasteiger partial charge in [0.2, 0.25) is 0 Å². The smallest absolute Gasteiger partial charge is 0.335 e. The Morgan fingerprint density at radius 1 is 0.550 bits per heavy atom. The predicted molar refractivity (Wildman–Crippen MR) is 157 cm³/mol. The molecule has 0 aliphatic carbocycles. The molecule has 0 aromatic heterocycles. The zero-order chi connectivity index (χ0) is 28.6. The maximum atomic E-state index is 12.8. The van der Waals surface area contributed by atoms with Crippen LogP contribution in [0.15, 0.2) is 109 Å². The number of aliphatic hydroxyl groups is 1. The summed E-state index contributed by atoms with van der Waals surface area (Å²) in [5, 5.41) is 23.7. The van der Waals surface area contributed by atoms with Crippen molar-refractivity contribution in [1.82, 2.24) is 0 Å². The average Bonchev–Trinajstić information content (AvgIpc) is 2.97. The highest BCUT2D eigenvalue weighted by Crippen LogP contribution is 2.20. The molecule has 0 atom stereocenters. The Morgan fingerprint density at radius 3 is 1.38 bits per heavy atom. The van der Waals surface area contributed by atoms with E-state index in [2.05, 4.69) is 22.0 Å². The molecular weight excluding hydrogens is 581 g/mol.